The summed E-state index contributed by atoms with van der Waals surface area (Å²) in [5.41, 5.74) is 5.88. The van der Waals surface area contributed by atoms with Gasteiger partial charge in [0.25, 0.3) is 0 Å². The van der Waals surface area contributed by atoms with E-state index in [9.17, 15) is 0 Å². The van der Waals surface area contributed by atoms with Gasteiger partial charge in [0.15, 0.2) is 0 Å². The first kappa shape index (κ1) is 24.1. The molecule has 0 amide bonds. The molecule has 1 N–H and O–H groups in total. The van der Waals surface area contributed by atoms with Crippen molar-refractivity contribution < 1.29 is 0 Å². The number of halogens is 2. The number of rotatable bonds is 6. The molecule has 1 atom stereocenters. The zero-order valence-electron chi connectivity index (χ0n) is 19.4. The van der Waals surface area contributed by atoms with Crippen LogP contribution in [0.25, 0.3) is 5.57 Å². The van der Waals surface area contributed by atoms with E-state index in [1.165, 1.54) is 54.6 Å². The lowest BCUT2D eigenvalue weighted by molar-refractivity contribution is 0.228. The van der Waals surface area contributed by atoms with E-state index in [1.807, 2.05) is 19.1 Å². The summed E-state index contributed by atoms with van der Waals surface area (Å²) in [6.45, 7) is 10.9. The summed E-state index contributed by atoms with van der Waals surface area (Å²) in [6.07, 6.45) is 8.10. The Morgan fingerprint density at radius 1 is 1.12 bits per heavy atom. The molecule has 5 heteroatoms. The van der Waals surface area contributed by atoms with Crippen LogP contribution in [0, 0.1) is 0 Å². The number of nitrogens with zero attached hydrogens (tertiary/aromatic N) is 2. The molecule has 33 heavy (non-hydrogen) atoms. The molecular formula is C28H33Cl2N3. The van der Waals surface area contributed by atoms with Gasteiger partial charge in [-0.05, 0) is 92.2 Å². The number of likely N-dealkylation sites (tertiary alicyclic amines) is 1. The number of aliphatic imine (C=N–C) groups is 1. The fourth-order valence-electron chi connectivity index (χ4n) is 4.84. The van der Waals surface area contributed by atoms with Crippen molar-refractivity contribution in [1.82, 2.24) is 10.2 Å². The second-order valence-electron chi connectivity index (χ2n) is 9.03. The lowest BCUT2D eigenvalue weighted by atomic mass is 9.75. The second-order valence-corrected chi connectivity index (χ2v) is 9.85. The van der Waals surface area contributed by atoms with Gasteiger partial charge in [-0.1, -0.05) is 66.5 Å². The molecule has 4 rings (SSSR count). The van der Waals surface area contributed by atoms with Crippen LogP contribution in [0.15, 0.2) is 65.8 Å². The number of allylic oxidation sites excluding steroid dienone is 2. The summed E-state index contributed by atoms with van der Waals surface area (Å²) in [5, 5.41) is 4.58. The van der Waals surface area contributed by atoms with E-state index in [4.69, 9.17) is 28.2 Å². The molecule has 1 aliphatic heterocycles. The number of fused-ring (bicyclic) bond motifs is 1. The summed E-state index contributed by atoms with van der Waals surface area (Å²) in [6, 6.07) is 14.4. The summed E-state index contributed by atoms with van der Waals surface area (Å²) < 4.78 is 0. The smallest absolute Gasteiger partial charge is 0.0971 e. The fraction of sp³-hybridized carbons (Fsp3) is 0.393. The Hall–Kier alpha value is -2.07. The van der Waals surface area contributed by atoms with Crippen LogP contribution in [0.1, 0.15) is 61.6 Å². The van der Waals surface area contributed by atoms with E-state index < -0.39 is 0 Å². The van der Waals surface area contributed by atoms with Crippen LogP contribution in [0.5, 0.6) is 0 Å². The van der Waals surface area contributed by atoms with Crippen molar-refractivity contribution in [2.75, 3.05) is 26.2 Å². The van der Waals surface area contributed by atoms with Crippen LogP contribution in [0.3, 0.4) is 0 Å². The van der Waals surface area contributed by atoms with E-state index in [0.717, 1.165) is 37.3 Å². The van der Waals surface area contributed by atoms with Gasteiger partial charge in [0, 0.05) is 18.7 Å². The summed E-state index contributed by atoms with van der Waals surface area (Å²) in [5.74, 6) is 1.15. The molecule has 2 aromatic carbocycles. The number of hydrogen-bond donors (Lipinski definition) is 1. The lowest BCUT2D eigenvalue weighted by Crippen LogP contribution is -2.31. The number of benzene rings is 2. The van der Waals surface area contributed by atoms with Gasteiger partial charge < -0.3 is 10.2 Å². The first-order valence-electron chi connectivity index (χ1n) is 12.0. The maximum absolute atomic E-state index is 6.34. The Morgan fingerprint density at radius 2 is 1.91 bits per heavy atom. The highest BCUT2D eigenvalue weighted by molar-refractivity contribution is 6.42. The van der Waals surface area contributed by atoms with Gasteiger partial charge in [0.1, 0.15) is 0 Å². The van der Waals surface area contributed by atoms with Gasteiger partial charge in [-0.15, -0.1) is 0 Å². The van der Waals surface area contributed by atoms with Crippen molar-refractivity contribution >= 4 is 34.6 Å². The first-order chi connectivity index (χ1) is 16.0. The minimum absolute atomic E-state index is 0.205. The molecule has 2 aromatic rings. The Kier molecular flexibility index (Phi) is 8.29. The summed E-state index contributed by atoms with van der Waals surface area (Å²) in [7, 11) is 0. The molecule has 3 nitrogen and oxygen atoms in total. The predicted molar refractivity (Wildman–Crippen MR) is 143 cm³/mol. The van der Waals surface area contributed by atoms with E-state index in [1.54, 1.807) is 0 Å². The molecule has 0 aromatic heterocycles. The van der Waals surface area contributed by atoms with E-state index in [2.05, 4.69) is 53.3 Å². The molecule has 174 valence electrons. The molecular weight excluding hydrogens is 449 g/mol. The Morgan fingerprint density at radius 3 is 2.70 bits per heavy atom. The minimum Gasteiger partial charge on any atom is -0.350 e. The molecule has 1 unspecified atom stereocenters. The van der Waals surface area contributed by atoms with Gasteiger partial charge in [-0.3, -0.25) is 4.99 Å². The standard InChI is InChI=1S/C28H33Cl2N3/c1-20-23(19-32-21(2)31-13-8-16-33-14-6-3-7-15-33)17-26(25-10-5-4-9-24(20)25)22-11-12-27(29)28(30)18-22/h4-5,9-12,18-19,26H,1,3,6-8,13-17H2,2H3,(H,31,32)/b23-19-. The molecule has 0 spiro atoms. The quantitative estimate of drug-likeness (QED) is 0.266. The molecule has 0 saturated carbocycles. The summed E-state index contributed by atoms with van der Waals surface area (Å²) in [4.78, 5) is 7.30. The van der Waals surface area contributed by atoms with Gasteiger partial charge in [0.2, 0.25) is 0 Å². The highest BCUT2D eigenvalue weighted by atomic mass is 35.5. The van der Waals surface area contributed by atoms with Gasteiger partial charge >= 0.3 is 0 Å². The number of amidine groups is 1. The van der Waals surface area contributed by atoms with Crippen molar-refractivity contribution in [3.05, 3.63) is 87.6 Å². The number of nitrogens with one attached hydrogen (secondary N) is 1. The Labute approximate surface area is 208 Å². The zero-order chi connectivity index (χ0) is 23.2. The molecule has 1 heterocycles. The first-order valence-corrected chi connectivity index (χ1v) is 12.7. The fourth-order valence-corrected chi connectivity index (χ4v) is 5.14. The monoisotopic (exact) mass is 481 g/mol. The summed E-state index contributed by atoms with van der Waals surface area (Å²) >= 11 is 12.5. The minimum atomic E-state index is 0.205. The van der Waals surface area contributed by atoms with Crippen LogP contribution in [0.4, 0.5) is 0 Å². The average Bonchev–Trinajstić information content (AvgIpc) is 2.84. The van der Waals surface area contributed by atoms with Crippen molar-refractivity contribution in [2.45, 2.75) is 44.9 Å². The van der Waals surface area contributed by atoms with Crippen LogP contribution < -0.4 is 5.32 Å². The Bertz CT molecular complexity index is 1050. The topological polar surface area (TPSA) is 27.6 Å². The molecule has 1 fully saturated rings. The van der Waals surface area contributed by atoms with E-state index in [0.29, 0.717) is 10.0 Å². The van der Waals surface area contributed by atoms with Crippen molar-refractivity contribution in [2.24, 2.45) is 4.99 Å². The average molecular weight is 482 g/mol. The normalized spacial score (nSPS) is 20.7. The largest absolute Gasteiger partial charge is 0.350 e. The Balaban J connectivity index is 1.44. The third-order valence-electron chi connectivity index (χ3n) is 6.70. The van der Waals surface area contributed by atoms with E-state index >= 15 is 0 Å². The predicted octanol–water partition coefficient (Wildman–Crippen LogP) is 7.31. The highest BCUT2D eigenvalue weighted by Crippen LogP contribution is 2.44. The number of hydrogen-bond acceptors (Lipinski definition) is 2. The zero-order valence-corrected chi connectivity index (χ0v) is 20.9. The van der Waals surface area contributed by atoms with Gasteiger partial charge in [0.05, 0.1) is 15.9 Å². The second kappa shape index (κ2) is 11.4. The van der Waals surface area contributed by atoms with Gasteiger partial charge in [-0.25, -0.2) is 0 Å². The van der Waals surface area contributed by atoms with E-state index in [-0.39, 0.29) is 5.92 Å². The highest BCUT2D eigenvalue weighted by Gasteiger charge is 2.27. The van der Waals surface area contributed by atoms with Crippen molar-refractivity contribution in [1.29, 1.82) is 0 Å². The molecule has 1 saturated heterocycles. The molecule has 0 radical (unpaired) electrons. The van der Waals surface area contributed by atoms with Gasteiger partial charge in [-0.2, -0.15) is 0 Å². The third-order valence-corrected chi connectivity index (χ3v) is 7.44. The maximum Gasteiger partial charge on any atom is 0.0971 e. The molecule has 1 aliphatic carbocycles. The number of piperidine rings is 1. The third kappa shape index (κ3) is 6.09. The lowest BCUT2D eigenvalue weighted by Gasteiger charge is -2.30. The van der Waals surface area contributed by atoms with Crippen LogP contribution in [0.2, 0.25) is 10.0 Å². The van der Waals surface area contributed by atoms with Crippen molar-refractivity contribution in [3.8, 4) is 0 Å². The molecule has 0 bridgehead atoms. The van der Waals surface area contributed by atoms with Crippen LogP contribution >= 0.6 is 23.2 Å². The van der Waals surface area contributed by atoms with Crippen LogP contribution in [-0.4, -0.2) is 36.9 Å². The molecule has 2 aliphatic rings. The maximum atomic E-state index is 6.34. The van der Waals surface area contributed by atoms with Crippen LogP contribution in [-0.2, 0) is 0 Å². The SMILES string of the molecule is C=C1/C(=C\NC(C)=NCCCN2CCCCC2)CC(c2ccc(Cl)c(Cl)c2)c2ccccc21. The van der Waals surface area contributed by atoms with Crippen molar-refractivity contribution in [3.63, 3.8) is 0 Å².